The molecule has 0 aliphatic carbocycles. The minimum absolute atomic E-state index is 0.235. The van der Waals surface area contributed by atoms with E-state index in [1.54, 1.807) is 18.2 Å². The fourth-order valence-corrected chi connectivity index (χ4v) is 2.29. The smallest absolute Gasteiger partial charge is 0.534 e. The summed E-state index contributed by atoms with van der Waals surface area (Å²) in [7, 11) is -1.20. The van der Waals surface area contributed by atoms with Gasteiger partial charge in [-0.25, -0.2) is 4.79 Å². The topological polar surface area (TPSA) is 84.9 Å². The van der Waals surface area contributed by atoms with Gasteiger partial charge in [-0.3, -0.25) is 4.79 Å². The average Bonchev–Trinajstić information content (AvgIpc) is 2.44. The van der Waals surface area contributed by atoms with E-state index in [0.29, 0.717) is 24.3 Å². The fourth-order valence-electron chi connectivity index (χ4n) is 2.29. The van der Waals surface area contributed by atoms with E-state index < -0.39 is 19.0 Å². The van der Waals surface area contributed by atoms with Crippen LogP contribution in [0.2, 0.25) is 0 Å². The van der Waals surface area contributed by atoms with Crippen LogP contribution >= 0.6 is 0 Å². The highest BCUT2D eigenvalue weighted by molar-refractivity contribution is 6.47. The summed E-state index contributed by atoms with van der Waals surface area (Å²) in [6.45, 7) is 5.60. The molecule has 0 aromatic heterocycles. The summed E-state index contributed by atoms with van der Waals surface area (Å²) in [6, 6.07) is 5.14. The molecule has 118 valence electrons. The number of amides is 1. The van der Waals surface area contributed by atoms with Crippen molar-refractivity contribution in [3.8, 4) is 5.75 Å². The highest BCUT2D eigenvalue weighted by Crippen LogP contribution is 2.30. The van der Waals surface area contributed by atoms with Crippen LogP contribution in [-0.4, -0.2) is 36.6 Å². The lowest BCUT2D eigenvalue weighted by Gasteiger charge is -2.28. The minimum atomic E-state index is -1.20. The Morgan fingerprint density at radius 1 is 1.50 bits per heavy atom. The van der Waals surface area contributed by atoms with Gasteiger partial charge in [0.25, 0.3) is 0 Å². The van der Waals surface area contributed by atoms with Crippen molar-refractivity contribution in [1.82, 2.24) is 5.32 Å². The molecule has 0 spiro atoms. The first-order chi connectivity index (χ1) is 10.4. The summed E-state index contributed by atoms with van der Waals surface area (Å²) in [4.78, 5) is 23.3. The average molecular weight is 305 g/mol. The maximum atomic E-state index is 12.1. The molecule has 0 saturated heterocycles. The predicted octanol–water partition coefficient (Wildman–Crippen LogP) is 0.959. The number of ether oxygens (including phenoxy) is 1. The Bertz CT molecular complexity index is 575. The lowest BCUT2D eigenvalue weighted by atomic mass is 9.72. The second-order valence-electron chi connectivity index (χ2n) is 5.81. The van der Waals surface area contributed by atoms with E-state index in [-0.39, 0.29) is 11.8 Å². The number of hydrogen-bond donors (Lipinski definition) is 2. The third kappa shape index (κ3) is 3.79. The maximum Gasteiger partial charge on any atom is 0.547 e. The number of hydrogen-bond acceptors (Lipinski definition) is 5. The molecular formula is C15H20BNO5. The van der Waals surface area contributed by atoms with Crippen LogP contribution in [0.25, 0.3) is 0 Å². The molecule has 1 aromatic rings. The van der Waals surface area contributed by atoms with Crippen molar-refractivity contribution in [2.24, 2.45) is 5.92 Å². The highest BCUT2D eigenvalue weighted by Gasteiger charge is 2.37. The van der Waals surface area contributed by atoms with Crippen molar-refractivity contribution in [2.75, 3.05) is 6.61 Å². The number of nitrogens with one attached hydrogen (secondary N) is 1. The maximum absolute atomic E-state index is 12.1. The summed E-state index contributed by atoms with van der Waals surface area (Å²) in [5.74, 6) is -0.698. The normalized spacial score (nSPS) is 16.8. The molecule has 22 heavy (non-hydrogen) atoms. The molecule has 7 heteroatoms. The van der Waals surface area contributed by atoms with Crippen LogP contribution in [0, 0.1) is 5.92 Å². The number of fused-ring (bicyclic) bond motifs is 1. The molecule has 1 aromatic carbocycles. The van der Waals surface area contributed by atoms with Crippen LogP contribution in [0.1, 0.15) is 36.7 Å². The van der Waals surface area contributed by atoms with Crippen molar-refractivity contribution < 1.29 is 24.0 Å². The molecule has 2 N–H and O–H groups in total. The quantitative estimate of drug-likeness (QED) is 0.639. The van der Waals surface area contributed by atoms with Gasteiger partial charge in [-0.05, 0) is 24.0 Å². The largest absolute Gasteiger partial charge is 0.547 e. The summed E-state index contributed by atoms with van der Waals surface area (Å²) in [5, 5.41) is 12.6. The molecule has 0 saturated carbocycles. The van der Waals surface area contributed by atoms with Gasteiger partial charge >= 0.3 is 13.1 Å². The van der Waals surface area contributed by atoms with E-state index in [0.717, 1.165) is 5.56 Å². The Labute approximate surface area is 129 Å². The number of para-hydroxylation sites is 1. The van der Waals surface area contributed by atoms with Gasteiger partial charge in [0.1, 0.15) is 11.3 Å². The van der Waals surface area contributed by atoms with E-state index >= 15 is 0 Å². The van der Waals surface area contributed by atoms with Crippen LogP contribution in [0.15, 0.2) is 18.2 Å². The zero-order valence-corrected chi connectivity index (χ0v) is 13.0. The van der Waals surface area contributed by atoms with Crippen LogP contribution in [0.5, 0.6) is 5.75 Å². The number of carbonyl (C=O) groups excluding carboxylic acids is 2. The Kier molecular flexibility index (Phi) is 5.08. The van der Waals surface area contributed by atoms with Gasteiger partial charge in [-0.15, -0.1) is 0 Å². The van der Waals surface area contributed by atoms with E-state index in [4.69, 9.17) is 9.39 Å². The van der Waals surface area contributed by atoms with Crippen LogP contribution in [0.3, 0.4) is 0 Å². The van der Waals surface area contributed by atoms with Crippen molar-refractivity contribution in [1.29, 1.82) is 0 Å². The minimum Gasteiger partial charge on any atom is -0.534 e. The number of esters is 1. The van der Waals surface area contributed by atoms with Crippen LogP contribution < -0.4 is 9.97 Å². The molecule has 1 heterocycles. The van der Waals surface area contributed by atoms with Gasteiger partial charge in [-0.1, -0.05) is 26.0 Å². The third-order valence-corrected chi connectivity index (χ3v) is 3.28. The van der Waals surface area contributed by atoms with Crippen LogP contribution in [0.4, 0.5) is 0 Å². The van der Waals surface area contributed by atoms with Gasteiger partial charge in [0.2, 0.25) is 5.91 Å². The molecule has 0 radical (unpaired) electrons. The Balaban J connectivity index is 2.20. The zero-order chi connectivity index (χ0) is 16.3. The monoisotopic (exact) mass is 305 g/mol. The van der Waals surface area contributed by atoms with Crippen molar-refractivity contribution in [3.63, 3.8) is 0 Å². The van der Waals surface area contributed by atoms with E-state index in [9.17, 15) is 14.6 Å². The van der Waals surface area contributed by atoms with Gasteiger partial charge in [0, 0.05) is 6.92 Å². The van der Waals surface area contributed by atoms with E-state index in [1.165, 1.54) is 6.92 Å². The summed E-state index contributed by atoms with van der Waals surface area (Å²) >= 11 is 0. The van der Waals surface area contributed by atoms with Gasteiger partial charge < -0.3 is 19.7 Å². The predicted molar refractivity (Wildman–Crippen MR) is 81.5 cm³/mol. The lowest BCUT2D eigenvalue weighted by Crippen LogP contribution is -2.52. The van der Waals surface area contributed by atoms with Crippen molar-refractivity contribution in [2.45, 2.75) is 33.1 Å². The zero-order valence-electron chi connectivity index (χ0n) is 13.0. The molecule has 1 aliphatic heterocycles. The van der Waals surface area contributed by atoms with Crippen molar-refractivity contribution >= 4 is 19.0 Å². The van der Waals surface area contributed by atoms with E-state index in [2.05, 4.69) is 5.32 Å². The fraction of sp³-hybridized carbons (Fsp3) is 0.467. The Hall–Kier alpha value is -2.02. The Morgan fingerprint density at radius 3 is 2.86 bits per heavy atom. The first-order valence-electron chi connectivity index (χ1n) is 7.29. The number of rotatable bonds is 4. The summed E-state index contributed by atoms with van der Waals surface area (Å²) in [5.41, 5.74) is 1.04. The first kappa shape index (κ1) is 16.4. The molecule has 0 fully saturated rings. The second-order valence-corrected chi connectivity index (χ2v) is 5.81. The molecule has 1 unspecified atom stereocenters. The molecule has 1 atom stereocenters. The molecule has 1 aliphatic rings. The number of carbonyl (C=O) groups is 2. The molecular weight excluding hydrogens is 285 g/mol. The third-order valence-electron chi connectivity index (χ3n) is 3.28. The van der Waals surface area contributed by atoms with Gasteiger partial charge in [0.15, 0.2) is 0 Å². The van der Waals surface area contributed by atoms with E-state index in [1.807, 2.05) is 13.8 Å². The summed E-state index contributed by atoms with van der Waals surface area (Å²) < 4.78 is 10.7. The molecule has 1 amide bonds. The van der Waals surface area contributed by atoms with Crippen LogP contribution in [-0.2, 0) is 16.0 Å². The first-order valence-corrected chi connectivity index (χ1v) is 7.29. The molecule has 2 rings (SSSR count). The standard InChI is InChI=1S/C15H20BNO5/c1-9(2)8-21-15(19)12-6-4-5-11-7-13(17-10(3)18)16(20)22-14(11)12/h4-6,9,13,20H,7-8H2,1-3H3,(H,17,18). The van der Waals surface area contributed by atoms with Crippen molar-refractivity contribution in [3.05, 3.63) is 29.3 Å². The SMILES string of the molecule is CC(=O)NC1Cc2cccc(C(=O)OCC(C)C)c2OB1O. The number of benzene rings is 1. The highest BCUT2D eigenvalue weighted by atomic mass is 16.5. The molecule has 6 nitrogen and oxygen atoms in total. The Morgan fingerprint density at radius 2 is 2.23 bits per heavy atom. The molecule has 0 bridgehead atoms. The lowest BCUT2D eigenvalue weighted by molar-refractivity contribution is -0.119. The second kappa shape index (κ2) is 6.83. The van der Waals surface area contributed by atoms with Gasteiger partial charge in [0.05, 0.1) is 12.5 Å². The summed E-state index contributed by atoms with van der Waals surface area (Å²) in [6.07, 6.45) is 0.390. The van der Waals surface area contributed by atoms with Gasteiger partial charge in [-0.2, -0.15) is 0 Å².